The number of thiazole rings is 3. The summed E-state index contributed by atoms with van der Waals surface area (Å²) in [4.78, 5) is 64.7. The topological polar surface area (TPSA) is 287 Å². The van der Waals surface area contributed by atoms with Gasteiger partial charge in [-0.1, -0.05) is 34.8 Å². The molecule has 6 fully saturated rings. The lowest BCUT2D eigenvalue weighted by Crippen LogP contribution is -2.41. The van der Waals surface area contributed by atoms with E-state index in [1.54, 1.807) is 45.3 Å². The molecule has 602 valence electrons. The van der Waals surface area contributed by atoms with Gasteiger partial charge in [0.25, 0.3) is 0 Å². The number of hydrogen-bond donors (Lipinski definition) is 6. The molecule has 0 aromatic carbocycles. The Hall–Kier alpha value is -5.65. The molecule has 9 heterocycles. The summed E-state index contributed by atoms with van der Waals surface area (Å²) in [6.45, 7) is 24.7. The number of aryl methyl sites for hydroxylation is 2. The van der Waals surface area contributed by atoms with Crippen LogP contribution in [0.2, 0.25) is 15.1 Å². The Balaban J connectivity index is 0.000000173. The summed E-state index contributed by atoms with van der Waals surface area (Å²) >= 11 is 23.7. The van der Waals surface area contributed by atoms with Gasteiger partial charge in [0.05, 0.1) is 32.1 Å². The van der Waals surface area contributed by atoms with Gasteiger partial charge in [-0.05, 0) is 258 Å². The van der Waals surface area contributed by atoms with E-state index >= 15 is 0 Å². The molecule has 0 radical (unpaired) electrons. The summed E-state index contributed by atoms with van der Waals surface area (Å²) < 4.78 is 46.0. The van der Waals surface area contributed by atoms with E-state index in [1.165, 1.54) is 42.9 Å². The molecule has 109 heavy (non-hydrogen) atoms. The first-order valence-corrected chi connectivity index (χ1v) is 43.0. The number of halogens is 4. The Kier molecular flexibility index (Phi) is 34.5. The molecule has 6 aliphatic rings. The van der Waals surface area contributed by atoms with E-state index < -0.39 is 28.8 Å². The van der Waals surface area contributed by atoms with Gasteiger partial charge in [0.15, 0.2) is 15.4 Å². The number of ether oxygens (including phenoxy) is 6. The largest absolute Gasteiger partial charge is 0.444 e. The Labute approximate surface area is 671 Å². The van der Waals surface area contributed by atoms with Gasteiger partial charge in [-0.25, -0.2) is 34.3 Å². The highest BCUT2D eigenvalue weighted by Crippen LogP contribution is 2.38. The average Bonchev–Trinajstić information content (AvgIpc) is 1.43. The third-order valence-electron chi connectivity index (χ3n) is 20.3. The van der Waals surface area contributed by atoms with E-state index in [9.17, 15) is 18.8 Å². The molecule has 0 atom stereocenters. The first-order valence-electron chi connectivity index (χ1n) is 39.2. The standard InChI is InChI=1S/C27H39ClN4O3S.C22H31ClN4OS.C19H23ClFN3O3S.C12H24N2O2/c1-27(2,3)35-26(33)31-20-7-4-18(5-8-20)6-9-21-14-22(23(28)16-29-21)24-17-36-25(32-24)30-15-19-10-12-34-13-11-19;23-20-13-25-18(6-3-15-1-4-17(24)5-2-15)11-19(20)21-14-29-22(27-21)26-12-16-7-9-28-10-8-16;1-19(2,3)27-18(25)24(10-12-4-6-26-7-5-12)17-23-15(11-28-17)13-8-16(21)22-9-14(13)20;1-12(2,3)16-11(15)14-10-6-4-9(8-13)5-7-10/h14,16-20H,4-13,15H2,1-3H3,(H,30,32)(H,31,33);11,13-17H,1-10,12,24H2,(H,26,27);8-9,11-12H,4-7,10H2,1-3H3;9-10H,4-8,13H2,1-3H3,(H,14,15). The minimum atomic E-state index is -0.639. The van der Waals surface area contributed by atoms with Gasteiger partial charge in [-0.2, -0.15) is 4.39 Å². The average molecular weight is 1630 g/mol. The highest BCUT2D eigenvalue weighted by Gasteiger charge is 2.32. The van der Waals surface area contributed by atoms with Crippen LogP contribution in [-0.4, -0.2) is 149 Å². The van der Waals surface area contributed by atoms with Crippen LogP contribution in [0.25, 0.3) is 33.8 Å². The Bertz CT molecular complexity index is 3760. The molecule has 0 unspecified atom stereocenters. The Morgan fingerprint density at radius 1 is 0.505 bits per heavy atom. The van der Waals surface area contributed by atoms with Gasteiger partial charge < -0.3 is 61.2 Å². The number of nitrogens with two attached hydrogens (primary N) is 2. The number of carbonyl (C=O) groups excluding carboxylic acids is 3. The van der Waals surface area contributed by atoms with Crippen molar-refractivity contribution in [2.24, 2.45) is 47.0 Å². The zero-order valence-electron chi connectivity index (χ0n) is 65.2. The van der Waals surface area contributed by atoms with Crippen LogP contribution >= 0.6 is 68.8 Å². The summed E-state index contributed by atoms with van der Waals surface area (Å²) in [7, 11) is 0. The smallest absolute Gasteiger partial charge is 0.416 e. The maximum Gasteiger partial charge on any atom is 0.416 e. The van der Waals surface area contributed by atoms with E-state index in [4.69, 9.17) is 84.7 Å². The van der Waals surface area contributed by atoms with Crippen LogP contribution in [0.3, 0.4) is 0 Å². The number of aromatic nitrogens is 6. The molecular weight excluding hydrogens is 1510 g/mol. The minimum Gasteiger partial charge on any atom is -0.444 e. The van der Waals surface area contributed by atoms with Gasteiger partial charge in [-0.3, -0.25) is 14.9 Å². The summed E-state index contributed by atoms with van der Waals surface area (Å²) in [5, 5.41) is 22.8. The maximum atomic E-state index is 13.5. The number of carbonyl (C=O) groups is 3. The molecule has 3 aliphatic heterocycles. The summed E-state index contributed by atoms with van der Waals surface area (Å²) in [6.07, 6.45) is 27.3. The molecule has 3 saturated carbocycles. The first kappa shape index (κ1) is 87.3. The summed E-state index contributed by atoms with van der Waals surface area (Å²) in [5.41, 5.74) is 17.0. The van der Waals surface area contributed by atoms with Crippen LogP contribution in [0.1, 0.15) is 202 Å². The first-order chi connectivity index (χ1) is 52.0. The molecule has 0 bridgehead atoms. The van der Waals surface area contributed by atoms with Crippen LogP contribution in [0.5, 0.6) is 0 Å². The highest BCUT2D eigenvalue weighted by molar-refractivity contribution is 7.14. The summed E-state index contributed by atoms with van der Waals surface area (Å²) in [6, 6.07) is 6.32. The van der Waals surface area contributed by atoms with Crippen molar-refractivity contribution in [3.05, 3.63) is 85.3 Å². The van der Waals surface area contributed by atoms with Gasteiger partial charge in [0, 0.05) is 146 Å². The Morgan fingerprint density at radius 2 is 0.890 bits per heavy atom. The molecule has 22 nitrogen and oxygen atoms in total. The lowest BCUT2D eigenvalue weighted by molar-refractivity contribution is 0.0475. The van der Waals surface area contributed by atoms with E-state index in [1.807, 2.05) is 62.3 Å². The monoisotopic (exact) mass is 1620 g/mol. The van der Waals surface area contributed by atoms with Crippen LogP contribution in [0, 0.1) is 41.5 Å². The number of nitrogens with zero attached hydrogens (tertiary/aromatic N) is 7. The van der Waals surface area contributed by atoms with Gasteiger partial charge in [-0.15, -0.1) is 34.0 Å². The van der Waals surface area contributed by atoms with Crippen molar-refractivity contribution in [2.75, 3.05) is 81.4 Å². The van der Waals surface area contributed by atoms with Crippen LogP contribution in [-0.2, 0) is 41.3 Å². The van der Waals surface area contributed by atoms with Gasteiger partial charge in [0.2, 0.25) is 5.95 Å². The van der Waals surface area contributed by atoms with Gasteiger partial charge >= 0.3 is 18.3 Å². The van der Waals surface area contributed by atoms with E-state index in [0.717, 1.165) is 218 Å². The van der Waals surface area contributed by atoms with Crippen molar-refractivity contribution in [3.63, 3.8) is 0 Å². The molecule has 3 amide bonds. The molecule has 3 aliphatic carbocycles. The van der Waals surface area contributed by atoms with Crippen LogP contribution < -0.4 is 37.6 Å². The summed E-state index contributed by atoms with van der Waals surface area (Å²) in [5.74, 6) is 3.03. The van der Waals surface area contributed by atoms with Crippen molar-refractivity contribution in [1.82, 2.24) is 40.5 Å². The second kappa shape index (κ2) is 43.0. The number of hydrogen-bond acceptors (Lipinski definition) is 22. The predicted molar refractivity (Wildman–Crippen MR) is 438 cm³/mol. The third kappa shape index (κ3) is 30.7. The number of rotatable bonds is 21. The number of nitrogens with one attached hydrogen (secondary N) is 4. The third-order valence-corrected chi connectivity index (χ3v) is 23.7. The van der Waals surface area contributed by atoms with Crippen molar-refractivity contribution in [2.45, 2.75) is 239 Å². The normalized spacial score (nSPS) is 21.0. The minimum absolute atomic E-state index is 0.204. The van der Waals surface area contributed by atoms with E-state index in [-0.39, 0.29) is 24.3 Å². The second-order valence-corrected chi connectivity index (χ2v) is 36.5. The number of anilines is 3. The number of pyridine rings is 3. The Morgan fingerprint density at radius 3 is 1.32 bits per heavy atom. The highest BCUT2D eigenvalue weighted by atomic mass is 35.5. The molecule has 12 rings (SSSR count). The fourth-order valence-corrected chi connectivity index (χ4v) is 16.9. The molecule has 3 saturated heterocycles. The van der Waals surface area contributed by atoms with Gasteiger partial charge in [0.1, 0.15) is 16.8 Å². The molecule has 8 N–H and O–H groups in total. The van der Waals surface area contributed by atoms with E-state index in [0.29, 0.717) is 86.8 Å². The fourth-order valence-electron chi connectivity index (χ4n) is 14.1. The number of alkyl carbamates (subject to hydrolysis) is 2. The second-order valence-electron chi connectivity index (χ2n) is 32.7. The molecule has 6 aromatic rings. The van der Waals surface area contributed by atoms with Crippen molar-refractivity contribution < 1.29 is 47.2 Å². The lowest BCUT2D eigenvalue weighted by atomic mass is 9.83. The molecule has 29 heteroatoms. The predicted octanol–water partition coefficient (Wildman–Crippen LogP) is 19.1. The SMILES string of the molecule is CC(C)(C)OC(=O)N(CC1CCOCC1)c1nc(-c2cc(F)ncc2Cl)cs1.CC(C)(C)OC(=O)NC1CCC(CCc2cc(-c3csc(NCC4CCOCC4)n3)c(Cl)cn2)CC1.CC(C)(C)OC(=O)NC1CCC(CN)CC1.NC1CCC(CCc2cc(-c3csc(NCC4CCOCC4)n3)c(Cl)cn2)CC1. The van der Waals surface area contributed by atoms with Crippen molar-refractivity contribution in [1.29, 1.82) is 0 Å². The van der Waals surface area contributed by atoms with E-state index in [2.05, 4.69) is 64.1 Å². The zero-order valence-corrected chi connectivity index (χ0v) is 69.9. The van der Waals surface area contributed by atoms with Crippen LogP contribution in [0.15, 0.2) is 52.9 Å². The van der Waals surface area contributed by atoms with Crippen LogP contribution in [0.4, 0.5) is 34.2 Å². The van der Waals surface area contributed by atoms with Crippen molar-refractivity contribution in [3.8, 4) is 33.8 Å². The maximum absolute atomic E-state index is 13.5. The molecule has 0 spiro atoms. The number of amides is 3. The zero-order chi connectivity index (χ0) is 78.1. The fraction of sp³-hybridized carbons (Fsp3) is 0.662. The molecular formula is C80H117Cl3FN13O9S3. The quantitative estimate of drug-likeness (QED) is 0.0288. The lowest BCUT2D eigenvalue weighted by Gasteiger charge is -2.30. The van der Waals surface area contributed by atoms with Crippen molar-refractivity contribution >= 4 is 102 Å². The molecule has 6 aromatic heterocycles.